The highest BCUT2D eigenvalue weighted by atomic mass is 19.4. The van der Waals surface area contributed by atoms with Crippen LogP contribution in [-0.4, -0.2) is 54.0 Å². The van der Waals surface area contributed by atoms with Gasteiger partial charge >= 0.3 is 6.18 Å². The molecule has 0 spiro atoms. The van der Waals surface area contributed by atoms with Crippen molar-refractivity contribution in [2.75, 3.05) is 26.2 Å². The number of hydrogen-bond donors (Lipinski definition) is 0. The topological polar surface area (TPSA) is 40.6 Å². The van der Waals surface area contributed by atoms with Gasteiger partial charge < -0.3 is 9.80 Å². The zero-order chi connectivity index (χ0) is 18.7. The second kappa shape index (κ2) is 8.17. The first-order chi connectivity index (χ1) is 12.4. The molecule has 0 bridgehead atoms. The smallest absolute Gasteiger partial charge is 0.343 e. The molecule has 0 aromatic rings. The maximum absolute atomic E-state index is 13.3. The molecule has 2 saturated heterocycles. The van der Waals surface area contributed by atoms with Gasteiger partial charge in [0.15, 0.2) is 0 Å². The van der Waals surface area contributed by atoms with E-state index < -0.39 is 18.0 Å². The Morgan fingerprint density at radius 2 is 1.42 bits per heavy atom. The first-order valence-corrected chi connectivity index (χ1v) is 9.99. The van der Waals surface area contributed by atoms with Crippen molar-refractivity contribution in [1.29, 1.82) is 0 Å². The van der Waals surface area contributed by atoms with E-state index in [9.17, 15) is 22.8 Å². The van der Waals surface area contributed by atoms with Crippen LogP contribution in [0.2, 0.25) is 0 Å². The predicted octanol–water partition coefficient (Wildman–Crippen LogP) is 3.61. The summed E-state index contributed by atoms with van der Waals surface area (Å²) < 4.78 is 39.8. The van der Waals surface area contributed by atoms with Crippen LogP contribution in [0.15, 0.2) is 0 Å². The highest BCUT2D eigenvalue weighted by Crippen LogP contribution is 2.42. The summed E-state index contributed by atoms with van der Waals surface area (Å²) in [6, 6.07) is 0. The van der Waals surface area contributed by atoms with E-state index in [1.54, 1.807) is 4.90 Å². The Labute approximate surface area is 153 Å². The fourth-order valence-electron chi connectivity index (χ4n) is 4.75. The molecular formula is C19H29F3N2O2. The van der Waals surface area contributed by atoms with Crippen LogP contribution in [0.25, 0.3) is 0 Å². The van der Waals surface area contributed by atoms with Crippen molar-refractivity contribution in [3.8, 4) is 0 Å². The first kappa shape index (κ1) is 19.5. The van der Waals surface area contributed by atoms with Crippen molar-refractivity contribution in [3.63, 3.8) is 0 Å². The lowest BCUT2D eigenvalue weighted by Crippen LogP contribution is -2.47. The molecule has 4 nitrogen and oxygen atoms in total. The van der Waals surface area contributed by atoms with Crippen LogP contribution in [0.3, 0.4) is 0 Å². The summed E-state index contributed by atoms with van der Waals surface area (Å²) in [6.45, 7) is 2.66. The third-order valence-corrected chi connectivity index (χ3v) is 6.35. The van der Waals surface area contributed by atoms with Crippen LogP contribution in [0.5, 0.6) is 0 Å². The second-order valence-electron chi connectivity index (χ2n) is 8.10. The Morgan fingerprint density at radius 1 is 0.808 bits per heavy atom. The normalized spacial score (nSPS) is 28.4. The van der Waals surface area contributed by atoms with E-state index in [0.29, 0.717) is 51.6 Å². The van der Waals surface area contributed by atoms with Gasteiger partial charge in [-0.3, -0.25) is 9.59 Å². The summed E-state index contributed by atoms with van der Waals surface area (Å²) >= 11 is 0. The molecule has 2 amide bonds. The number of alkyl halides is 3. The van der Waals surface area contributed by atoms with Gasteiger partial charge in [0.2, 0.25) is 11.8 Å². The summed E-state index contributed by atoms with van der Waals surface area (Å²) in [5.41, 5.74) is 0. The molecule has 7 heteroatoms. The fraction of sp³-hybridized carbons (Fsp3) is 0.895. The molecule has 1 saturated carbocycles. The van der Waals surface area contributed by atoms with E-state index in [2.05, 4.69) is 0 Å². The third kappa shape index (κ3) is 4.52. The van der Waals surface area contributed by atoms with E-state index in [0.717, 1.165) is 25.9 Å². The molecule has 0 aromatic carbocycles. The van der Waals surface area contributed by atoms with Gasteiger partial charge in [-0.2, -0.15) is 13.2 Å². The number of nitrogens with zero attached hydrogens (tertiary/aromatic N) is 2. The molecule has 2 atom stereocenters. The van der Waals surface area contributed by atoms with Gasteiger partial charge in [0.25, 0.3) is 0 Å². The highest BCUT2D eigenvalue weighted by Gasteiger charge is 2.49. The number of halogens is 3. The van der Waals surface area contributed by atoms with E-state index >= 15 is 0 Å². The summed E-state index contributed by atoms with van der Waals surface area (Å²) in [6.07, 6.45) is 1.46. The van der Waals surface area contributed by atoms with Crippen molar-refractivity contribution in [2.24, 2.45) is 17.8 Å². The highest BCUT2D eigenvalue weighted by molar-refractivity contribution is 5.79. The summed E-state index contributed by atoms with van der Waals surface area (Å²) in [5, 5.41) is 0. The molecule has 2 unspecified atom stereocenters. The zero-order valence-corrected chi connectivity index (χ0v) is 15.3. The van der Waals surface area contributed by atoms with Crippen molar-refractivity contribution in [1.82, 2.24) is 9.80 Å². The zero-order valence-electron chi connectivity index (χ0n) is 15.3. The Bertz CT molecular complexity index is 509. The molecule has 0 radical (unpaired) electrons. The standard InChI is InChI=1S/C19H29F3N2O2/c20-19(21,22)16-6-2-1-5-15(16)18(26)24-11-7-14(8-12-24)13-17(25)23-9-3-4-10-23/h14-16H,1-13H2. The molecule has 0 aromatic heterocycles. The molecule has 1 aliphatic carbocycles. The lowest BCUT2D eigenvalue weighted by molar-refractivity contribution is -0.201. The van der Waals surface area contributed by atoms with Gasteiger partial charge in [-0.25, -0.2) is 0 Å². The summed E-state index contributed by atoms with van der Waals surface area (Å²) in [7, 11) is 0. The average molecular weight is 374 g/mol. The Morgan fingerprint density at radius 3 is 2.04 bits per heavy atom. The first-order valence-electron chi connectivity index (χ1n) is 9.99. The second-order valence-corrected chi connectivity index (χ2v) is 8.10. The molecule has 3 rings (SSSR count). The molecule has 3 aliphatic rings. The van der Waals surface area contributed by atoms with Crippen molar-refractivity contribution >= 4 is 11.8 Å². The van der Waals surface area contributed by atoms with Crippen LogP contribution in [0.4, 0.5) is 13.2 Å². The Kier molecular flexibility index (Phi) is 6.13. The van der Waals surface area contributed by atoms with Crippen molar-refractivity contribution in [2.45, 2.75) is 64.0 Å². The Balaban J connectivity index is 1.50. The van der Waals surface area contributed by atoms with Crippen molar-refractivity contribution < 1.29 is 22.8 Å². The van der Waals surface area contributed by atoms with E-state index in [1.807, 2.05) is 4.90 Å². The van der Waals surface area contributed by atoms with E-state index in [-0.39, 0.29) is 24.2 Å². The number of amides is 2. The molecule has 26 heavy (non-hydrogen) atoms. The molecular weight excluding hydrogens is 345 g/mol. The molecule has 2 aliphatic heterocycles. The predicted molar refractivity (Wildman–Crippen MR) is 91.2 cm³/mol. The van der Waals surface area contributed by atoms with Crippen LogP contribution >= 0.6 is 0 Å². The van der Waals surface area contributed by atoms with Crippen LogP contribution in [0.1, 0.15) is 57.8 Å². The number of likely N-dealkylation sites (tertiary alicyclic amines) is 2. The quantitative estimate of drug-likeness (QED) is 0.757. The number of rotatable bonds is 3. The molecule has 2 heterocycles. The van der Waals surface area contributed by atoms with Gasteiger partial charge in [-0.05, 0) is 44.4 Å². The van der Waals surface area contributed by atoms with Crippen molar-refractivity contribution in [3.05, 3.63) is 0 Å². The van der Waals surface area contributed by atoms with E-state index in [1.165, 1.54) is 0 Å². The Hall–Kier alpha value is -1.27. The van der Waals surface area contributed by atoms with E-state index in [4.69, 9.17) is 0 Å². The minimum absolute atomic E-state index is 0.0701. The van der Waals surface area contributed by atoms with Gasteiger partial charge in [0, 0.05) is 38.5 Å². The number of piperidine rings is 1. The van der Waals surface area contributed by atoms with Gasteiger partial charge in [-0.15, -0.1) is 0 Å². The number of hydrogen-bond acceptors (Lipinski definition) is 2. The van der Waals surface area contributed by atoms with Gasteiger partial charge in [-0.1, -0.05) is 12.8 Å². The number of carbonyl (C=O) groups excluding carboxylic acids is 2. The molecule has 0 N–H and O–H groups in total. The largest absolute Gasteiger partial charge is 0.392 e. The van der Waals surface area contributed by atoms with Crippen LogP contribution in [-0.2, 0) is 9.59 Å². The minimum Gasteiger partial charge on any atom is -0.343 e. The number of carbonyl (C=O) groups is 2. The summed E-state index contributed by atoms with van der Waals surface area (Å²) in [4.78, 5) is 28.5. The lowest BCUT2D eigenvalue weighted by Gasteiger charge is -2.38. The van der Waals surface area contributed by atoms with Crippen LogP contribution < -0.4 is 0 Å². The molecule has 148 valence electrons. The summed E-state index contributed by atoms with van der Waals surface area (Å²) in [5.74, 6) is -2.28. The van der Waals surface area contributed by atoms with Gasteiger partial charge in [0.05, 0.1) is 5.92 Å². The third-order valence-electron chi connectivity index (χ3n) is 6.35. The SMILES string of the molecule is O=C(CC1CCN(C(=O)C2CCCCC2C(F)(F)F)CC1)N1CCCC1. The fourth-order valence-corrected chi connectivity index (χ4v) is 4.75. The monoisotopic (exact) mass is 374 g/mol. The average Bonchev–Trinajstić information content (AvgIpc) is 3.16. The lowest BCUT2D eigenvalue weighted by atomic mass is 9.77. The maximum Gasteiger partial charge on any atom is 0.392 e. The van der Waals surface area contributed by atoms with Crippen LogP contribution in [0, 0.1) is 17.8 Å². The van der Waals surface area contributed by atoms with Gasteiger partial charge in [0.1, 0.15) is 0 Å². The molecule has 3 fully saturated rings. The maximum atomic E-state index is 13.3. The minimum atomic E-state index is -4.29.